The average molecular weight is 396 g/mol. The van der Waals surface area contributed by atoms with Crippen molar-refractivity contribution in [3.8, 4) is 0 Å². The molecule has 0 aromatic heterocycles. The molecule has 7 nitrogen and oxygen atoms in total. The molecule has 0 radical (unpaired) electrons. The number of morpholine rings is 2. The number of carbonyl (C=O) groups is 1. The number of benzene rings is 2. The second kappa shape index (κ2) is 9.62. The van der Waals surface area contributed by atoms with Crippen molar-refractivity contribution in [3.05, 3.63) is 48.5 Å². The number of carbonyl (C=O) groups excluding carboxylic acids is 1. The lowest BCUT2D eigenvalue weighted by molar-refractivity contribution is -0.114. The SMILES string of the molecule is O=C(CNc1ccccc1N1CCOCC1)Nc1ccccc1N1CCOCC1. The van der Waals surface area contributed by atoms with Gasteiger partial charge in [0.15, 0.2) is 0 Å². The van der Waals surface area contributed by atoms with Gasteiger partial charge in [-0.1, -0.05) is 24.3 Å². The highest BCUT2D eigenvalue weighted by Crippen LogP contribution is 2.28. The van der Waals surface area contributed by atoms with Crippen LogP contribution in [-0.2, 0) is 14.3 Å². The number of amides is 1. The Kier molecular flexibility index (Phi) is 6.49. The fourth-order valence-electron chi connectivity index (χ4n) is 3.73. The molecule has 7 heteroatoms. The molecule has 2 N–H and O–H groups in total. The van der Waals surface area contributed by atoms with Crippen molar-refractivity contribution >= 4 is 28.7 Å². The zero-order valence-electron chi connectivity index (χ0n) is 16.6. The number of hydrogen-bond donors (Lipinski definition) is 2. The van der Waals surface area contributed by atoms with Crippen LogP contribution in [0.25, 0.3) is 0 Å². The summed E-state index contributed by atoms with van der Waals surface area (Å²) in [5, 5.41) is 6.36. The van der Waals surface area contributed by atoms with Gasteiger partial charge in [0, 0.05) is 26.2 Å². The van der Waals surface area contributed by atoms with E-state index in [1.807, 2.05) is 42.5 Å². The lowest BCUT2D eigenvalue weighted by atomic mass is 10.2. The summed E-state index contributed by atoms with van der Waals surface area (Å²) in [5.74, 6) is -0.0671. The van der Waals surface area contributed by atoms with Gasteiger partial charge in [0.25, 0.3) is 0 Å². The number of nitrogens with one attached hydrogen (secondary N) is 2. The van der Waals surface area contributed by atoms with E-state index in [9.17, 15) is 4.79 Å². The highest BCUT2D eigenvalue weighted by molar-refractivity contribution is 5.97. The minimum atomic E-state index is -0.0671. The first-order valence-electron chi connectivity index (χ1n) is 10.2. The van der Waals surface area contributed by atoms with E-state index < -0.39 is 0 Å². The number of ether oxygens (including phenoxy) is 2. The van der Waals surface area contributed by atoms with Crippen LogP contribution < -0.4 is 20.4 Å². The van der Waals surface area contributed by atoms with E-state index >= 15 is 0 Å². The summed E-state index contributed by atoms with van der Waals surface area (Å²) >= 11 is 0. The summed E-state index contributed by atoms with van der Waals surface area (Å²) in [5.41, 5.74) is 3.95. The van der Waals surface area contributed by atoms with Crippen LogP contribution in [0.3, 0.4) is 0 Å². The summed E-state index contributed by atoms with van der Waals surface area (Å²) in [6.07, 6.45) is 0. The van der Waals surface area contributed by atoms with Gasteiger partial charge in [-0.2, -0.15) is 0 Å². The maximum atomic E-state index is 12.7. The van der Waals surface area contributed by atoms with Crippen LogP contribution in [0, 0.1) is 0 Å². The minimum Gasteiger partial charge on any atom is -0.378 e. The molecule has 2 fully saturated rings. The van der Waals surface area contributed by atoms with Gasteiger partial charge in [-0.25, -0.2) is 0 Å². The van der Waals surface area contributed by atoms with Crippen molar-refractivity contribution in [3.63, 3.8) is 0 Å². The lowest BCUT2D eigenvalue weighted by Gasteiger charge is -2.31. The van der Waals surface area contributed by atoms with Crippen LogP contribution in [0.5, 0.6) is 0 Å². The van der Waals surface area contributed by atoms with Gasteiger partial charge in [-0.3, -0.25) is 4.79 Å². The Labute approximate surface area is 171 Å². The number of nitrogens with zero attached hydrogens (tertiary/aromatic N) is 2. The van der Waals surface area contributed by atoms with E-state index in [0.717, 1.165) is 62.1 Å². The van der Waals surface area contributed by atoms with Gasteiger partial charge >= 0.3 is 0 Å². The molecule has 1 amide bonds. The first-order chi connectivity index (χ1) is 14.3. The summed E-state index contributed by atoms with van der Waals surface area (Å²) < 4.78 is 10.9. The van der Waals surface area contributed by atoms with Crippen LogP contribution >= 0.6 is 0 Å². The Morgan fingerprint density at radius 1 is 0.759 bits per heavy atom. The average Bonchev–Trinajstić information content (AvgIpc) is 2.79. The van der Waals surface area contributed by atoms with Gasteiger partial charge < -0.3 is 29.9 Å². The van der Waals surface area contributed by atoms with E-state index in [2.05, 4.69) is 26.5 Å². The number of para-hydroxylation sites is 4. The molecule has 0 saturated carbocycles. The van der Waals surface area contributed by atoms with Gasteiger partial charge in [0.05, 0.1) is 55.7 Å². The maximum Gasteiger partial charge on any atom is 0.243 e. The molecule has 0 aliphatic carbocycles. The zero-order valence-corrected chi connectivity index (χ0v) is 16.6. The Hall–Kier alpha value is -2.77. The maximum absolute atomic E-state index is 12.7. The molecule has 29 heavy (non-hydrogen) atoms. The molecule has 2 aromatic carbocycles. The van der Waals surface area contributed by atoms with Gasteiger partial charge in [0.2, 0.25) is 5.91 Å². The number of anilines is 4. The van der Waals surface area contributed by atoms with Gasteiger partial charge in [-0.05, 0) is 24.3 Å². The second-order valence-electron chi connectivity index (χ2n) is 7.13. The van der Waals surface area contributed by atoms with Crippen LogP contribution in [0.1, 0.15) is 0 Å². The van der Waals surface area contributed by atoms with Crippen molar-refractivity contribution in [2.45, 2.75) is 0 Å². The highest BCUT2D eigenvalue weighted by Gasteiger charge is 2.17. The minimum absolute atomic E-state index is 0.0671. The third-order valence-corrected chi connectivity index (χ3v) is 5.23. The molecule has 0 spiro atoms. The van der Waals surface area contributed by atoms with Gasteiger partial charge in [-0.15, -0.1) is 0 Å². The summed E-state index contributed by atoms with van der Waals surface area (Å²) in [7, 11) is 0. The van der Waals surface area contributed by atoms with Crippen LogP contribution in [-0.4, -0.2) is 65.1 Å². The Bertz CT molecular complexity index is 817. The molecule has 0 bridgehead atoms. The topological polar surface area (TPSA) is 66.1 Å². The molecule has 2 aliphatic rings. The zero-order chi connectivity index (χ0) is 19.9. The molecule has 2 aromatic rings. The molecule has 2 saturated heterocycles. The third-order valence-electron chi connectivity index (χ3n) is 5.23. The molecular weight excluding hydrogens is 368 g/mol. The van der Waals surface area contributed by atoms with Crippen LogP contribution in [0.2, 0.25) is 0 Å². The van der Waals surface area contributed by atoms with Gasteiger partial charge in [0.1, 0.15) is 0 Å². The summed E-state index contributed by atoms with van der Waals surface area (Å²) in [6.45, 7) is 6.47. The fourth-order valence-corrected chi connectivity index (χ4v) is 3.73. The first-order valence-corrected chi connectivity index (χ1v) is 10.2. The molecule has 2 heterocycles. The van der Waals surface area contributed by atoms with Crippen LogP contribution in [0.4, 0.5) is 22.7 Å². The Morgan fingerprint density at radius 2 is 1.24 bits per heavy atom. The predicted octanol–water partition coefficient (Wildman–Crippen LogP) is 2.41. The monoisotopic (exact) mass is 396 g/mol. The van der Waals surface area contributed by atoms with E-state index in [4.69, 9.17) is 9.47 Å². The second-order valence-corrected chi connectivity index (χ2v) is 7.13. The summed E-state index contributed by atoms with van der Waals surface area (Å²) in [4.78, 5) is 17.2. The fraction of sp³-hybridized carbons (Fsp3) is 0.409. The van der Waals surface area contributed by atoms with E-state index in [-0.39, 0.29) is 12.5 Å². The van der Waals surface area contributed by atoms with Crippen molar-refractivity contribution in [2.75, 3.05) is 79.6 Å². The molecule has 4 rings (SSSR count). The van der Waals surface area contributed by atoms with Crippen molar-refractivity contribution in [2.24, 2.45) is 0 Å². The standard InChI is InChI=1S/C22H28N4O3/c27-22(24-19-6-2-4-8-21(19)26-11-15-29-16-12-26)17-23-18-5-1-3-7-20(18)25-9-13-28-14-10-25/h1-8,23H,9-17H2,(H,24,27). The number of hydrogen-bond acceptors (Lipinski definition) is 6. The van der Waals surface area contributed by atoms with Crippen molar-refractivity contribution < 1.29 is 14.3 Å². The molecular formula is C22H28N4O3. The first kappa shape index (κ1) is 19.5. The van der Waals surface area contributed by atoms with E-state index in [0.29, 0.717) is 13.2 Å². The summed E-state index contributed by atoms with van der Waals surface area (Å²) in [6, 6.07) is 16.0. The van der Waals surface area contributed by atoms with E-state index in [1.54, 1.807) is 0 Å². The highest BCUT2D eigenvalue weighted by atomic mass is 16.5. The van der Waals surface area contributed by atoms with Crippen molar-refractivity contribution in [1.29, 1.82) is 0 Å². The molecule has 154 valence electrons. The smallest absolute Gasteiger partial charge is 0.243 e. The Balaban J connectivity index is 1.39. The third kappa shape index (κ3) is 4.99. The van der Waals surface area contributed by atoms with E-state index in [1.165, 1.54) is 0 Å². The van der Waals surface area contributed by atoms with Crippen LogP contribution in [0.15, 0.2) is 48.5 Å². The number of rotatable bonds is 6. The van der Waals surface area contributed by atoms with Crippen molar-refractivity contribution in [1.82, 2.24) is 0 Å². The Morgan fingerprint density at radius 3 is 1.83 bits per heavy atom. The quantitative estimate of drug-likeness (QED) is 0.782. The lowest BCUT2D eigenvalue weighted by Crippen LogP contribution is -2.37. The molecule has 0 atom stereocenters. The predicted molar refractivity (Wildman–Crippen MR) is 116 cm³/mol. The largest absolute Gasteiger partial charge is 0.378 e. The normalized spacial score (nSPS) is 17.1. The molecule has 2 aliphatic heterocycles. The molecule has 0 unspecified atom stereocenters.